The first-order chi connectivity index (χ1) is 12.1. The minimum Gasteiger partial charge on any atom is -0.494 e. The summed E-state index contributed by atoms with van der Waals surface area (Å²) in [4.78, 5) is 22.0. The maximum absolute atomic E-state index is 11.7. The molecule has 0 aliphatic carbocycles. The largest absolute Gasteiger partial charge is 0.494 e. The summed E-state index contributed by atoms with van der Waals surface area (Å²) in [6.07, 6.45) is 2.12. The van der Waals surface area contributed by atoms with Crippen molar-refractivity contribution in [3.8, 4) is 11.8 Å². The zero-order valence-corrected chi connectivity index (χ0v) is 15.5. The lowest BCUT2D eigenvalue weighted by Gasteiger charge is -2.07. The fraction of sp³-hybridized carbons (Fsp3) is 0.471. The molecular weight excluding hydrogens is 360 g/mol. The number of carboxylic acids is 1. The van der Waals surface area contributed by atoms with Crippen LogP contribution in [0.15, 0.2) is 24.3 Å². The maximum atomic E-state index is 11.7. The lowest BCUT2D eigenvalue weighted by Crippen LogP contribution is -2.25. The molecule has 0 aromatic heterocycles. The predicted octanol–water partition coefficient (Wildman–Crippen LogP) is 3.08. The Morgan fingerprint density at radius 1 is 1.20 bits per heavy atom. The van der Waals surface area contributed by atoms with Gasteiger partial charge in [-0.25, -0.2) is 0 Å². The van der Waals surface area contributed by atoms with Gasteiger partial charge in [-0.15, -0.1) is 0 Å². The Bertz CT molecular complexity index is 590. The second-order valence-electron chi connectivity index (χ2n) is 5.08. The average molecular weight is 383 g/mol. The lowest BCUT2D eigenvalue weighted by molar-refractivity contribution is -0.136. The summed E-state index contributed by atoms with van der Waals surface area (Å²) >= 11 is 0. The van der Waals surface area contributed by atoms with Crippen molar-refractivity contribution >= 4 is 33.5 Å². The molecule has 0 bridgehead atoms. The van der Waals surface area contributed by atoms with Gasteiger partial charge < -0.3 is 15.2 Å². The Balaban J connectivity index is 1.96. The Morgan fingerprint density at radius 3 is 2.76 bits per heavy atom. The molecule has 136 valence electrons. The minimum absolute atomic E-state index is 0.0163. The number of ether oxygens (including phenoxy) is 1. The van der Waals surface area contributed by atoms with Gasteiger partial charge in [0.1, 0.15) is 5.75 Å². The number of benzene rings is 1. The molecule has 0 heterocycles. The van der Waals surface area contributed by atoms with Crippen LogP contribution >= 0.6 is 21.6 Å². The number of nitrogens with zero attached hydrogens (tertiary/aromatic N) is 1. The molecule has 1 aromatic rings. The van der Waals surface area contributed by atoms with E-state index < -0.39 is 5.97 Å². The van der Waals surface area contributed by atoms with Crippen molar-refractivity contribution < 1.29 is 19.4 Å². The number of nitriles is 1. The fourth-order valence-corrected chi connectivity index (χ4v) is 3.69. The van der Waals surface area contributed by atoms with E-state index in [1.165, 1.54) is 10.8 Å². The molecule has 25 heavy (non-hydrogen) atoms. The Hall–Kier alpha value is -1.85. The average Bonchev–Trinajstić information content (AvgIpc) is 2.60. The van der Waals surface area contributed by atoms with Crippen molar-refractivity contribution in [3.05, 3.63) is 29.8 Å². The van der Waals surface area contributed by atoms with Gasteiger partial charge in [0, 0.05) is 24.5 Å². The van der Waals surface area contributed by atoms with Gasteiger partial charge in [-0.05, 0) is 31.0 Å². The number of hydrogen-bond acceptors (Lipinski definition) is 6. The van der Waals surface area contributed by atoms with Gasteiger partial charge in [-0.2, -0.15) is 5.26 Å². The molecule has 0 unspecified atom stereocenters. The number of amides is 1. The SMILES string of the molecule is N#Cc1cccc(OCCCCC(=O)NCCSSCCC(=O)O)c1. The number of nitrogens with one attached hydrogen (secondary N) is 1. The molecule has 0 saturated heterocycles. The van der Waals surface area contributed by atoms with Gasteiger partial charge in [-0.1, -0.05) is 27.7 Å². The highest BCUT2D eigenvalue weighted by Gasteiger charge is 2.02. The Labute approximate surface area is 155 Å². The molecule has 1 rings (SSSR count). The van der Waals surface area contributed by atoms with E-state index in [1.807, 2.05) is 0 Å². The molecule has 0 radical (unpaired) electrons. The highest BCUT2D eigenvalue weighted by atomic mass is 33.1. The number of carboxylic acid groups (broad SMARTS) is 1. The number of carbonyl (C=O) groups excluding carboxylic acids is 1. The summed E-state index contributed by atoms with van der Waals surface area (Å²) in [5.74, 6) is 1.23. The van der Waals surface area contributed by atoms with E-state index in [2.05, 4.69) is 11.4 Å². The van der Waals surface area contributed by atoms with Gasteiger partial charge >= 0.3 is 5.97 Å². The molecule has 0 saturated carbocycles. The van der Waals surface area contributed by atoms with Gasteiger partial charge in [0.25, 0.3) is 0 Å². The van der Waals surface area contributed by atoms with Crippen LogP contribution in [0.5, 0.6) is 5.75 Å². The van der Waals surface area contributed by atoms with E-state index in [-0.39, 0.29) is 12.3 Å². The van der Waals surface area contributed by atoms with Crippen molar-refractivity contribution in [2.75, 3.05) is 24.7 Å². The number of rotatable bonds is 13. The smallest absolute Gasteiger partial charge is 0.304 e. The Kier molecular flexibility index (Phi) is 11.4. The second kappa shape index (κ2) is 13.4. The maximum Gasteiger partial charge on any atom is 0.304 e. The standard InChI is InChI=1S/C17H22N2O4S2/c18-13-14-4-3-5-15(12-14)23-9-2-1-6-16(20)19-8-11-25-24-10-7-17(21)22/h3-5,12H,1-2,6-11H2,(H,19,20)(H,21,22). The summed E-state index contributed by atoms with van der Waals surface area (Å²) < 4.78 is 5.55. The highest BCUT2D eigenvalue weighted by Crippen LogP contribution is 2.20. The minimum atomic E-state index is -0.789. The van der Waals surface area contributed by atoms with Gasteiger partial charge in [0.15, 0.2) is 0 Å². The zero-order valence-electron chi connectivity index (χ0n) is 13.9. The van der Waals surface area contributed by atoms with Crippen molar-refractivity contribution in [3.63, 3.8) is 0 Å². The highest BCUT2D eigenvalue weighted by molar-refractivity contribution is 8.76. The number of carbonyl (C=O) groups is 2. The fourth-order valence-electron chi connectivity index (χ4n) is 1.80. The molecule has 0 spiro atoms. The van der Waals surface area contributed by atoms with Crippen LogP contribution in [0.1, 0.15) is 31.2 Å². The number of unbranched alkanes of at least 4 members (excludes halogenated alkanes) is 1. The van der Waals surface area contributed by atoms with Crippen LogP contribution in [0, 0.1) is 11.3 Å². The second-order valence-corrected chi connectivity index (χ2v) is 7.78. The van der Waals surface area contributed by atoms with Gasteiger partial charge in [0.05, 0.1) is 24.7 Å². The predicted molar refractivity (Wildman–Crippen MR) is 101 cm³/mol. The summed E-state index contributed by atoms with van der Waals surface area (Å²) in [5.41, 5.74) is 0.566. The van der Waals surface area contributed by atoms with E-state index in [9.17, 15) is 9.59 Å². The summed E-state index contributed by atoms with van der Waals surface area (Å²) in [6.45, 7) is 1.10. The van der Waals surface area contributed by atoms with E-state index in [4.69, 9.17) is 15.1 Å². The topological polar surface area (TPSA) is 99.4 Å². The molecule has 1 amide bonds. The van der Waals surface area contributed by atoms with E-state index in [0.29, 0.717) is 36.6 Å². The van der Waals surface area contributed by atoms with Crippen LogP contribution in [0.25, 0.3) is 0 Å². The molecule has 0 fully saturated rings. The van der Waals surface area contributed by atoms with Crippen molar-refractivity contribution in [1.29, 1.82) is 5.26 Å². The first-order valence-electron chi connectivity index (χ1n) is 7.97. The normalized spacial score (nSPS) is 10.0. The van der Waals surface area contributed by atoms with Gasteiger partial charge in [0.2, 0.25) is 5.91 Å². The third-order valence-corrected chi connectivity index (χ3v) is 5.43. The van der Waals surface area contributed by atoms with Gasteiger partial charge in [-0.3, -0.25) is 9.59 Å². The molecule has 0 aliphatic heterocycles. The number of hydrogen-bond donors (Lipinski definition) is 2. The third-order valence-electron chi connectivity index (χ3n) is 3.02. The molecular formula is C17H22N2O4S2. The molecule has 0 atom stereocenters. The van der Waals surface area contributed by atoms with E-state index in [0.717, 1.165) is 18.6 Å². The van der Waals surface area contributed by atoms with Crippen LogP contribution in [-0.4, -0.2) is 41.6 Å². The van der Waals surface area contributed by atoms with Crippen LogP contribution in [0.3, 0.4) is 0 Å². The van der Waals surface area contributed by atoms with E-state index in [1.54, 1.807) is 35.1 Å². The molecule has 1 aromatic carbocycles. The summed E-state index contributed by atoms with van der Waals surface area (Å²) in [6, 6.07) is 9.06. The first kappa shape index (κ1) is 21.2. The zero-order chi connectivity index (χ0) is 18.3. The van der Waals surface area contributed by atoms with Crippen LogP contribution in [0.4, 0.5) is 0 Å². The third kappa shape index (κ3) is 11.3. The van der Waals surface area contributed by atoms with Crippen molar-refractivity contribution in [2.45, 2.75) is 25.7 Å². The lowest BCUT2D eigenvalue weighted by atomic mass is 10.2. The van der Waals surface area contributed by atoms with Crippen LogP contribution < -0.4 is 10.1 Å². The van der Waals surface area contributed by atoms with Crippen LogP contribution in [-0.2, 0) is 9.59 Å². The summed E-state index contributed by atoms with van der Waals surface area (Å²) in [5, 5.41) is 20.1. The molecule has 0 aliphatic rings. The molecule has 2 N–H and O–H groups in total. The van der Waals surface area contributed by atoms with E-state index >= 15 is 0 Å². The monoisotopic (exact) mass is 382 g/mol. The molecule has 6 nitrogen and oxygen atoms in total. The Morgan fingerprint density at radius 2 is 2.00 bits per heavy atom. The van der Waals surface area contributed by atoms with Crippen molar-refractivity contribution in [2.24, 2.45) is 0 Å². The number of aliphatic carboxylic acids is 1. The van der Waals surface area contributed by atoms with Crippen molar-refractivity contribution in [1.82, 2.24) is 5.32 Å². The van der Waals surface area contributed by atoms with Crippen LogP contribution in [0.2, 0.25) is 0 Å². The molecule has 8 heteroatoms. The quantitative estimate of drug-likeness (QED) is 0.399. The summed E-state index contributed by atoms with van der Waals surface area (Å²) in [7, 11) is 3.07. The first-order valence-corrected chi connectivity index (χ1v) is 10.5.